The van der Waals surface area contributed by atoms with Crippen LogP contribution in [0, 0.1) is 5.92 Å². The SMILES string of the molecule is O=C(NC1CCCCCCC1)[C@H]1CCCN(S(=O)(=O)c2ccc3[nH]c(=O)ccc3c2)C1. The summed E-state index contributed by atoms with van der Waals surface area (Å²) in [6.45, 7) is 0.629. The monoisotopic (exact) mass is 445 g/mol. The molecule has 8 heteroatoms. The van der Waals surface area contributed by atoms with Gasteiger partial charge >= 0.3 is 0 Å². The number of amides is 1. The second kappa shape index (κ2) is 9.53. The topological polar surface area (TPSA) is 99.3 Å². The van der Waals surface area contributed by atoms with Crippen LogP contribution < -0.4 is 10.9 Å². The highest BCUT2D eigenvalue weighted by molar-refractivity contribution is 7.89. The van der Waals surface area contributed by atoms with E-state index in [1.165, 1.54) is 35.7 Å². The van der Waals surface area contributed by atoms with Crippen LogP contribution in [0.25, 0.3) is 10.9 Å². The van der Waals surface area contributed by atoms with Gasteiger partial charge in [0.05, 0.1) is 10.8 Å². The molecule has 2 heterocycles. The number of nitrogens with zero attached hydrogens (tertiary/aromatic N) is 1. The molecule has 1 aromatic heterocycles. The van der Waals surface area contributed by atoms with Crippen molar-refractivity contribution in [1.82, 2.24) is 14.6 Å². The number of carbonyl (C=O) groups is 1. The number of piperidine rings is 1. The number of H-pyrrole nitrogens is 1. The van der Waals surface area contributed by atoms with Crippen LogP contribution in [-0.4, -0.2) is 42.7 Å². The molecule has 7 nitrogen and oxygen atoms in total. The Kier molecular flexibility index (Phi) is 6.77. The molecule has 2 N–H and O–H groups in total. The van der Waals surface area contributed by atoms with Crippen molar-refractivity contribution >= 4 is 26.8 Å². The second-order valence-electron chi connectivity index (χ2n) is 8.82. The number of aromatic nitrogens is 1. The molecule has 0 spiro atoms. The average molecular weight is 446 g/mol. The summed E-state index contributed by atoms with van der Waals surface area (Å²) >= 11 is 0. The van der Waals surface area contributed by atoms with E-state index < -0.39 is 10.0 Å². The van der Waals surface area contributed by atoms with Crippen molar-refractivity contribution in [2.24, 2.45) is 5.92 Å². The van der Waals surface area contributed by atoms with E-state index in [2.05, 4.69) is 10.3 Å². The molecule has 1 aliphatic heterocycles. The van der Waals surface area contributed by atoms with Gasteiger partial charge in [0.1, 0.15) is 0 Å². The number of fused-ring (bicyclic) bond motifs is 1. The number of pyridine rings is 1. The predicted molar refractivity (Wildman–Crippen MR) is 120 cm³/mol. The maximum absolute atomic E-state index is 13.3. The van der Waals surface area contributed by atoms with E-state index in [1.807, 2.05) is 0 Å². The van der Waals surface area contributed by atoms with Crippen LogP contribution in [0.2, 0.25) is 0 Å². The minimum absolute atomic E-state index is 0.0124. The third-order valence-electron chi connectivity index (χ3n) is 6.54. The summed E-state index contributed by atoms with van der Waals surface area (Å²) < 4.78 is 28.0. The fourth-order valence-electron chi connectivity index (χ4n) is 4.74. The van der Waals surface area contributed by atoms with Gasteiger partial charge in [-0.15, -0.1) is 0 Å². The Hall–Kier alpha value is -2.19. The van der Waals surface area contributed by atoms with E-state index in [0.717, 1.165) is 25.7 Å². The Morgan fingerprint density at radius 3 is 2.48 bits per heavy atom. The highest BCUT2D eigenvalue weighted by Gasteiger charge is 2.34. The van der Waals surface area contributed by atoms with E-state index in [4.69, 9.17) is 0 Å². The number of nitrogens with one attached hydrogen (secondary N) is 2. The molecule has 168 valence electrons. The molecule has 2 aromatic rings. The molecule has 1 amide bonds. The first-order valence-electron chi connectivity index (χ1n) is 11.4. The quantitative estimate of drug-likeness (QED) is 0.755. The average Bonchev–Trinajstić information content (AvgIpc) is 2.75. The van der Waals surface area contributed by atoms with E-state index in [1.54, 1.807) is 18.2 Å². The maximum atomic E-state index is 13.3. The largest absolute Gasteiger partial charge is 0.353 e. The van der Waals surface area contributed by atoms with Gasteiger partial charge in [-0.2, -0.15) is 4.31 Å². The molecule has 1 saturated carbocycles. The Morgan fingerprint density at radius 1 is 0.968 bits per heavy atom. The lowest BCUT2D eigenvalue weighted by Gasteiger charge is -2.32. The number of hydrogen-bond donors (Lipinski definition) is 2. The van der Waals surface area contributed by atoms with Crippen molar-refractivity contribution in [2.45, 2.75) is 68.7 Å². The van der Waals surface area contributed by atoms with E-state index in [9.17, 15) is 18.0 Å². The molecule has 1 saturated heterocycles. The lowest BCUT2D eigenvalue weighted by Crippen LogP contribution is -2.47. The minimum Gasteiger partial charge on any atom is -0.353 e. The fraction of sp³-hybridized carbons (Fsp3) is 0.565. The normalized spacial score (nSPS) is 22.0. The Morgan fingerprint density at radius 2 is 1.71 bits per heavy atom. The van der Waals surface area contributed by atoms with Gasteiger partial charge in [-0.1, -0.05) is 32.1 Å². The van der Waals surface area contributed by atoms with Gasteiger partial charge in [0.15, 0.2) is 0 Å². The van der Waals surface area contributed by atoms with Crippen LogP contribution in [0.4, 0.5) is 0 Å². The van der Waals surface area contributed by atoms with Crippen molar-refractivity contribution in [3.8, 4) is 0 Å². The lowest BCUT2D eigenvalue weighted by molar-refractivity contribution is -0.126. The van der Waals surface area contributed by atoms with Crippen LogP contribution in [-0.2, 0) is 14.8 Å². The predicted octanol–water partition coefficient (Wildman–Crippen LogP) is 3.16. The van der Waals surface area contributed by atoms with Gasteiger partial charge in [0, 0.05) is 30.7 Å². The molecule has 4 rings (SSSR count). The highest BCUT2D eigenvalue weighted by atomic mass is 32.2. The highest BCUT2D eigenvalue weighted by Crippen LogP contribution is 2.26. The molecular weight excluding hydrogens is 414 g/mol. The van der Waals surface area contributed by atoms with E-state index in [0.29, 0.717) is 30.3 Å². The second-order valence-corrected chi connectivity index (χ2v) is 10.8. The summed E-state index contributed by atoms with van der Waals surface area (Å²) in [4.78, 5) is 27.3. The van der Waals surface area contributed by atoms with Gasteiger partial charge in [0.2, 0.25) is 21.5 Å². The Bertz CT molecular complexity index is 1090. The third-order valence-corrected chi connectivity index (χ3v) is 8.40. The number of benzene rings is 1. The zero-order chi connectivity index (χ0) is 21.8. The van der Waals surface area contributed by atoms with Crippen LogP contribution in [0.1, 0.15) is 57.8 Å². The van der Waals surface area contributed by atoms with Crippen molar-refractivity contribution < 1.29 is 13.2 Å². The minimum atomic E-state index is -3.71. The molecule has 1 atom stereocenters. The van der Waals surface area contributed by atoms with Gasteiger partial charge < -0.3 is 10.3 Å². The van der Waals surface area contributed by atoms with Gasteiger partial charge in [-0.3, -0.25) is 9.59 Å². The van der Waals surface area contributed by atoms with Crippen LogP contribution in [0.15, 0.2) is 40.0 Å². The summed E-state index contributed by atoms with van der Waals surface area (Å²) in [6.07, 6.45) is 9.42. The number of sulfonamides is 1. The number of rotatable bonds is 4. The summed E-state index contributed by atoms with van der Waals surface area (Å²) in [6, 6.07) is 7.93. The van der Waals surface area contributed by atoms with Crippen molar-refractivity contribution in [3.63, 3.8) is 0 Å². The molecule has 2 aliphatic rings. The molecule has 1 aliphatic carbocycles. The number of carbonyl (C=O) groups excluding carboxylic acids is 1. The molecule has 0 bridgehead atoms. The molecule has 0 unspecified atom stereocenters. The third kappa shape index (κ3) is 5.18. The zero-order valence-corrected chi connectivity index (χ0v) is 18.6. The van der Waals surface area contributed by atoms with Crippen molar-refractivity contribution in [1.29, 1.82) is 0 Å². The fourth-order valence-corrected chi connectivity index (χ4v) is 6.30. The summed E-state index contributed by atoms with van der Waals surface area (Å²) in [5.74, 6) is -0.327. The smallest absolute Gasteiger partial charge is 0.248 e. The maximum Gasteiger partial charge on any atom is 0.248 e. The van der Waals surface area contributed by atoms with E-state index >= 15 is 0 Å². The van der Waals surface area contributed by atoms with Crippen molar-refractivity contribution in [3.05, 3.63) is 40.7 Å². The van der Waals surface area contributed by atoms with Gasteiger partial charge in [0.25, 0.3) is 0 Å². The first-order valence-corrected chi connectivity index (χ1v) is 12.8. The summed E-state index contributed by atoms with van der Waals surface area (Å²) in [5, 5.41) is 3.87. The van der Waals surface area contributed by atoms with Crippen LogP contribution in [0.3, 0.4) is 0 Å². The summed E-state index contributed by atoms with van der Waals surface area (Å²) in [5.41, 5.74) is 0.374. The first-order chi connectivity index (χ1) is 14.9. The molecule has 0 radical (unpaired) electrons. The molecule has 1 aromatic carbocycles. The molecular formula is C23H31N3O4S. The lowest BCUT2D eigenvalue weighted by atomic mass is 9.94. The van der Waals surface area contributed by atoms with Gasteiger partial charge in [-0.25, -0.2) is 8.42 Å². The number of aromatic amines is 1. The molecule has 2 fully saturated rings. The van der Waals surface area contributed by atoms with Crippen molar-refractivity contribution in [2.75, 3.05) is 13.1 Å². The zero-order valence-electron chi connectivity index (χ0n) is 17.8. The van der Waals surface area contributed by atoms with Crippen LogP contribution >= 0.6 is 0 Å². The first kappa shape index (κ1) is 22.0. The summed E-state index contributed by atoms with van der Waals surface area (Å²) in [7, 11) is -3.71. The van der Waals surface area contributed by atoms with E-state index in [-0.39, 0.29) is 34.9 Å². The number of hydrogen-bond acceptors (Lipinski definition) is 4. The molecule has 31 heavy (non-hydrogen) atoms. The Labute approximate surface area is 183 Å². The van der Waals surface area contributed by atoms with Gasteiger partial charge in [-0.05, 0) is 55.3 Å². The van der Waals surface area contributed by atoms with Crippen LogP contribution in [0.5, 0.6) is 0 Å². The Balaban J connectivity index is 1.46. The standard InChI is InChI=1S/C23H31N3O4S/c27-22-13-10-17-15-20(11-12-21(17)25-22)31(29,30)26-14-6-7-18(16-26)23(28)24-19-8-4-2-1-3-5-9-19/h10-13,15,18-19H,1-9,14,16H2,(H,24,28)(H,25,27)/t18-/m0/s1.